The lowest BCUT2D eigenvalue weighted by Crippen LogP contribution is -2.35. The Morgan fingerprint density at radius 1 is 1.35 bits per heavy atom. The Hall–Kier alpha value is -1.53. The number of rotatable bonds is 2. The minimum absolute atomic E-state index is 0.250. The molecule has 1 aromatic carbocycles. The van der Waals surface area contributed by atoms with Crippen molar-refractivity contribution in [2.45, 2.75) is 25.9 Å². The van der Waals surface area contributed by atoms with Crippen molar-refractivity contribution in [2.24, 2.45) is 0 Å². The number of ether oxygens (including phenoxy) is 1. The molecule has 3 nitrogen and oxygen atoms in total. The molecular formula is C14H18N2O. The predicted molar refractivity (Wildman–Crippen MR) is 67.0 cm³/mol. The Bertz CT molecular complexity index is 428. The average Bonchev–Trinajstić information content (AvgIpc) is 2.32. The largest absolute Gasteiger partial charge is 0.489 e. The quantitative estimate of drug-likeness (QED) is 0.782. The van der Waals surface area contributed by atoms with E-state index in [1.807, 2.05) is 25.1 Å². The van der Waals surface area contributed by atoms with Crippen LogP contribution in [0.1, 0.15) is 24.0 Å². The number of benzene rings is 1. The molecule has 17 heavy (non-hydrogen) atoms. The molecule has 0 unspecified atom stereocenters. The molecule has 0 radical (unpaired) electrons. The van der Waals surface area contributed by atoms with E-state index in [2.05, 4.69) is 18.0 Å². The van der Waals surface area contributed by atoms with Gasteiger partial charge in [0.1, 0.15) is 17.9 Å². The van der Waals surface area contributed by atoms with Crippen LogP contribution in [0.25, 0.3) is 0 Å². The van der Waals surface area contributed by atoms with E-state index in [1.165, 1.54) is 0 Å². The first-order valence-electron chi connectivity index (χ1n) is 6.05. The van der Waals surface area contributed by atoms with Crippen LogP contribution in [0.2, 0.25) is 0 Å². The van der Waals surface area contributed by atoms with Crippen molar-refractivity contribution in [1.29, 1.82) is 5.26 Å². The Labute approximate surface area is 103 Å². The summed E-state index contributed by atoms with van der Waals surface area (Å²) in [5, 5.41) is 9.04. The lowest BCUT2D eigenvalue weighted by atomic mass is 10.1. The van der Waals surface area contributed by atoms with Gasteiger partial charge < -0.3 is 9.64 Å². The van der Waals surface area contributed by atoms with Crippen molar-refractivity contribution in [3.63, 3.8) is 0 Å². The summed E-state index contributed by atoms with van der Waals surface area (Å²) in [6, 6.07) is 7.92. The van der Waals surface area contributed by atoms with E-state index in [-0.39, 0.29) is 6.10 Å². The van der Waals surface area contributed by atoms with Crippen molar-refractivity contribution in [3.05, 3.63) is 29.3 Å². The van der Waals surface area contributed by atoms with Crippen molar-refractivity contribution < 1.29 is 4.74 Å². The summed E-state index contributed by atoms with van der Waals surface area (Å²) in [5.41, 5.74) is 1.77. The topological polar surface area (TPSA) is 36.3 Å². The van der Waals surface area contributed by atoms with Gasteiger partial charge in [0.05, 0.1) is 5.56 Å². The van der Waals surface area contributed by atoms with Gasteiger partial charge >= 0.3 is 0 Å². The highest BCUT2D eigenvalue weighted by atomic mass is 16.5. The van der Waals surface area contributed by atoms with E-state index >= 15 is 0 Å². The second-order valence-electron chi connectivity index (χ2n) is 4.73. The van der Waals surface area contributed by atoms with Crippen molar-refractivity contribution in [2.75, 3.05) is 20.1 Å². The molecule has 1 aliphatic heterocycles. The fraction of sp³-hybridized carbons (Fsp3) is 0.500. The second-order valence-corrected chi connectivity index (χ2v) is 4.73. The Morgan fingerprint density at radius 3 is 2.71 bits per heavy atom. The molecule has 0 N–H and O–H groups in total. The van der Waals surface area contributed by atoms with Gasteiger partial charge in [0.2, 0.25) is 0 Å². The lowest BCUT2D eigenvalue weighted by Gasteiger charge is -2.29. The third kappa shape index (κ3) is 2.98. The van der Waals surface area contributed by atoms with Crippen molar-refractivity contribution >= 4 is 0 Å². The first-order chi connectivity index (χ1) is 8.19. The smallest absolute Gasteiger partial charge is 0.137 e. The van der Waals surface area contributed by atoms with Gasteiger partial charge in [0.25, 0.3) is 0 Å². The van der Waals surface area contributed by atoms with Gasteiger partial charge in [0.15, 0.2) is 0 Å². The van der Waals surface area contributed by atoms with Crippen LogP contribution in [0.15, 0.2) is 18.2 Å². The highest BCUT2D eigenvalue weighted by Gasteiger charge is 2.19. The maximum absolute atomic E-state index is 9.04. The first kappa shape index (κ1) is 11.9. The molecular weight excluding hydrogens is 212 g/mol. The molecule has 0 atom stereocenters. The summed E-state index contributed by atoms with van der Waals surface area (Å²) in [6.45, 7) is 4.15. The van der Waals surface area contributed by atoms with Crippen LogP contribution >= 0.6 is 0 Å². The van der Waals surface area contributed by atoms with Gasteiger partial charge in [-0.05, 0) is 44.5 Å². The normalized spacial score (nSPS) is 17.7. The Morgan fingerprint density at radius 2 is 2.06 bits per heavy atom. The van der Waals surface area contributed by atoms with Crippen LogP contribution in [0, 0.1) is 18.3 Å². The molecule has 0 aliphatic carbocycles. The summed E-state index contributed by atoms with van der Waals surface area (Å²) in [7, 11) is 2.13. The van der Waals surface area contributed by atoms with E-state index < -0.39 is 0 Å². The van der Waals surface area contributed by atoms with E-state index in [0.29, 0.717) is 5.56 Å². The predicted octanol–water partition coefficient (Wildman–Crippen LogP) is 2.34. The third-order valence-corrected chi connectivity index (χ3v) is 3.22. The monoisotopic (exact) mass is 230 g/mol. The van der Waals surface area contributed by atoms with Crippen molar-refractivity contribution in [1.82, 2.24) is 4.90 Å². The second kappa shape index (κ2) is 5.20. The number of piperidine rings is 1. The fourth-order valence-electron chi connectivity index (χ4n) is 2.10. The van der Waals surface area contributed by atoms with Crippen molar-refractivity contribution in [3.8, 4) is 11.8 Å². The van der Waals surface area contributed by atoms with Gasteiger partial charge in [0, 0.05) is 13.1 Å². The average molecular weight is 230 g/mol. The van der Waals surface area contributed by atoms with Gasteiger partial charge in [-0.25, -0.2) is 0 Å². The standard InChI is InChI=1S/C14H18N2O/c1-11-3-4-12(10-15)14(9-11)17-13-5-7-16(2)8-6-13/h3-4,9,13H,5-8H2,1-2H3. The molecule has 3 heteroatoms. The SMILES string of the molecule is Cc1ccc(C#N)c(OC2CCN(C)CC2)c1. The van der Waals surface area contributed by atoms with Gasteiger partial charge in [-0.15, -0.1) is 0 Å². The Balaban J connectivity index is 2.08. The van der Waals surface area contributed by atoms with Gasteiger partial charge in [-0.2, -0.15) is 5.26 Å². The van der Waals surface area contributed by atoms with Crippen LogP contribution in [0.3, 0.4) is 0 Å². The van der Waals surface area contributed by atoms with Crippen LogP contribution in [0.5, 0.6) is 5.75 Å². The summed E-state index contributed by atoms with van der Waals surface area (Å²) >= 11 is 0. The highest BCUT2D eigenvalue weighted by Crippen LogP contribution is 2.23. The number of nitriles is 1. The molecule has 0 saturated carbocycles. The number of nitrogens with zero attached hydrogens (tertiary/aromatic N) is 2. The van der Waals surface area contributed by atoms with Gasteiger partial charge in [-0.3, -0.25) is 0 Å². The lowest BCUT2D eigenvalue weighted by molar-refractivity contribution is 0.114. The zero-order valence-corrected chi connectivity index (χ0v) is 10.4. The van der Waals surface area contributed by atoms with Gasteiger partial charge in [-0.1, -0.05) is 6.07 Å². The maximum atomic E-state index is 9.04. The van der Waals surface area contributed by atoms with E-state index in [0.717, 1.165) is 37.2 Å². The summed E-state index contributed by atoms with van der Waals surface area (Å²) in [4.78, 5) is 2.31. The number of hydrogen-bond acceptors (Lipinski definition) is 3. The zero-order chi connectivity index (χ0) is 12.3. The van der Waals surface area contributed by atoms with Crippen LogP contribution in [0.4, 0.5) is 0 Å². The van der Waals surface area contributed by atoms with Crippen LogP contribution < -0.4 is 4.74 Å². The molecule has 1 heterocycles. The summed E-state index contributed by atoms with van der Waals surface area (Å²) < 4.78 is 5.96. The number of aryl methyl sites for hydroxylation is 1. The molecule has 1 fully saturated rings. The summed E-state index contributed by atoms with van der Waals surface area (Å²) in [5.74, 6) is 0.738. The minimum atomic E-state index is 0.250. The molecule has 0 aromatic heterocycles. The molecule has 0 spiro atoms. The summed E-state index contributed by atoms with van der Waals surface area (Å²) in [6.07, 6.45) is 2.32. The molecule has 1 aromatic rings. The highest BCUT2D eigenvalue weighted by molar-refractivity contribution is 5.45. The Kier molecular flexibility index (Phi) is 3.65. The van der Waals surface area contributed by atoms with Crippen LogP contribution in [-0.2, 0) is 0 Å². The molecule has 1 saturated heterocycles. The van der Waals surface area contributed by atoms with E-state index in [9.17, 15) is 0 Å². The minimum Gasteiger partial charge on any atom is -0.489 e. The number of likely N-dealkylation sites (tertiary alicyclic amines) is 1. The first-order valence-corrected chi connectivity index (χ1v) is 6.05. The fourth-order valence-corrected chi connectivity index (χ4v) is 2.10. The zero-order valence-electron chi connectivity index (χ0n) is 10.4. The van der Waals surface area contributed by atoms with E-state index in [1.54, 1.807) is 0 Å². The molecule has 0 bridgehead atoms. The number of hydrogen-bond donors (Lipinski definition) is 0. The molecule has 0 amide bonds. The molecule has 90 valence electrons. The van der Waals surface area contributed by atoms with Crippen LogP contribution in [-0.4, -0.2) is 31.1 Å². The third-order valence-electron chi connectivity index (χ3n) is 3.22. The van der Waals surface area contributed by atoms with E-state index in [4.69, 9.17) is 10.00 Å². The molecule has 1 aliphatic rings. The maximum Gasteiger partial charge on any atom is 0.137 e. The molecule has 2 rings (SSSR count).